The normalized spacial score (nSPS) is 13.3. The molecule has 4 aromatic rings. The van der Waals surface area contributed by atoms with Crippen LogP contribution in [0.2, 0.25) is 0 Å². The van der Waals surface area contributed by atoms with E-state index in [-0.39, 0.29) is 5.91 Å². The van der Waals surface area contributed by atoms with E-state index in [2.05, 4.69) is 39.4 Å². The second kappa shape index (κ2) is 9.09. The minimum Gasteiger partial charge on any atom is -0.467 e. The first-order valence-corrected chi connectivity index (χ1v) is 11.4. The summed E-state index contributed by atoms with van der Waals surface area (Å²) in [4.78, 5) is 30.3. The molecule has 0 saturated heterocycles. The number of aromatic nitrogens is 5. The number of carbonyl (C=O) groups is 1. The van der Waals surface area contributed by atoms with Gasteiger partial charge < -0.3 is 15.4 Å². The summed E-state index contributed by atoms with van der Waals surface area (Å²) >= 11 is 0. The Labute approximate surface area is 197 Å². The summed E-state index contributed by atoms with van der Waals surface area (Å²) in [5.41, 5.74) is 4.71. The van der Waals surface area contributed by atoms with Gasteiger partial charge in [0.1, 0.15) is 0 Å². The molecule has 3 heterocycles. The topological polar surface area (TPSA) is 106 Å². The Balaban J connectivity index is 1.54. The van der Waals surface area contributed by atoms with E-state index in [1.54, 1.807) is 12.4 Å². The molecule has 9 heteroatoms. The van der Waals surface area contributed by atoms with Crippen LogP contribution in [0.3, 0.4) is 0 Å². The number of hydrogen-bond acceptors (Lipinski definition) is 7. The van der Waals surface area contributed by atoms with Crippen molar-refractivity contribution in [1.29, 1.82) is 0 Å². The zero-order valence-electron chi connectivity index (χ0n) is 19.4. The van der Waals surface area contributed by atoms with Crippen molar-refractivity contribution in [3.05, 3.63) is 54.6 Å². The molecule has 1 saturated carbocycles. The molecule has 9 nitrogen and oxygen atoms in total. The first kappa shape index (κ1) is 21.8. The number of rotatable bonds is 8. The molecule has 2 N–H and O–H groups in total. The summed E-state index contributed by atoms with van der Waals surface area (Å²) in [5, 5.41) is 6.44. The van der Waals surface area contributed by atoms with Gasteiger partial charge in [0.25, 0.3) is 5.91 Å². The number of carbonyl (C=O) groups excluding carboxylic acids is 1. The smallest absolute Gasteiger partial charge is 0.316 e. The molecule has 0 atom stereocenters. The van der Waals surface area contributed by atoms with Gasteiger partial charge >= 0.3 is 6.01 Å². The Bertz CT molecular complexity index is 1310. The summed E-state index contributed by atoms with van der Waals surface area (Å²) in [6.07, 6.45) is 9.26. The van der Waals surface area contributed by atoms with Crippen molar-refractivity contribution < 1.29 is 9.53 Å². The number of benzene rings is 1. The molecule has 34 heavy (non-hydrogen) atoms. The van der Waals surface area contributed by atoms with Crippen LogP contribution < -0.4 is 15.4 Å². The number of amides is 1. The molecule has 5 rings (SSSR count). The Morgan fingerprint density at radius 1 is 1.09 bits per heavy atom. The van der Waals surface area contributed by atoms with E-state index >= 15 is 0 Å². The van der Waals surface area contributed by atoms with Gasteiger partial charge in [-0.3, -0.25) is 9.20 Å². The van der Waals surface area contributed by atoms with Crippen molar-refractivity contribution in [2.45, 2.75) is 32.7 Å². The van der Waals surface area contributed by atoms with E-state index < -0.39 is 0 Å². The molecule has 0 spiro atoms. The second-order valence-corrected chi connectivity index (χ2v) is 8.87. The SMILES string of the molecule is COc1ncc(-c2cn3c(-c4ccc(C(=O)NC5CC5)cc4)cnc3c(NCC(C)C)n2)cn1. The Kier molecular flexibility index (Phi) is 5.83. The summed E-state index contributed by atoms with van der Waals surface area (Å²) in [7, 11) is 1.53. The number of anilines is 1. The highest BCUT2D eigenvalue weighted by molar-refractivity contribution is 5.95. The van der Waals surface area contributed by atoms with Crippen LogP contribution >= 0.6 is 0 Å². The fraction of sp³-hybridized carbons (Fsp3) is 0.320. The lowest BCUT2D eigenvalue weighted by Crippen LogP contribution is -2.25. The van der Waals surface area contributed by atoms with E-state index in [1.807, 2.05) is 41.1 Å². The van der Waals surface area contributed by atoms with Gasteiger partial charge in [-0.15, -0.1) is 0 Å². The first-order chi connectivity index (χ1) is 16.5. The Hall–Kier alpha value is -4.01. The average molecular weight is 458 g/mol. The molecule has 1 aromatic carbocycles. The van der Waals surface area contributed by atoms with E-state index in [0.29, 0.717) is 35.0 Å². The highest BCUT2D eigenvalue weighted by Gasteiger charge is 2.23. The zero-order valence-corrected chi connectivity index (χ0v) is 19.4. The van der Waals surface area contributed by atoms with Crippen molar-refractivity contribution in [2.75, 3.05) is 19.0 Å². The summed E-state index contributed by atoms with van der Waals surface area (Å²) in [6, 6.07) is 8.23. The number of hydrogen-bond donors (Lipinski definition) is 2. The number of nitrogens with zero attached hydrogens (tertiary/aromatic N) is 5. The number of nitrogens with one attached hydrogen (secondary N) is 2. The zero-order chi connectivity index (χ0) is 23.7. The molecular formula is C25H27N7O2. The van der Waals surface area contributed by atoms with Crippen LogP contribution in [0.5, 0.6) is 6.01 Å². The maximum atomic E-state index is 12.4. The van der Waals surface area contributed by atoms with Gasteiger partial charge in [0.05, 0.1) is 24.7 Å². The van der Waals surface area contributed by atoms with Crippen molar-refractivity contribution in [3.63, 3.8) is 0 Å². The molecule has 1 aliphatic rings. The third-order valence-electron chi connectivity index (χ3n) is 5.63. The van der Waals surface area contributed by atoms with Gasteiger partial charge in [-0.25, -0.2) is 19.9 Å². The summed E-state index contributed by atoms with van der Waals surface area (Å²) in [5.74, 6) is 1.10. The number of imidazole rings is 1. The Morgan fingerprint density at radius 3 is 2.47 bits per heavy atom. The van der Waals surface area contributed by atoms with E-state index in [1.165, 1.54) is 7.11 Å². The van der Waals surface area contributed by atoms with Crippen molar-refractivity contribution in [1.82, 2.24) is 29.7 Å². The van der Waals surface area contributed by atoms with E-state index in [9.17, 15) is 4.79 Å². The van der Waals surface area contributed by atoms with Gasteiger partial charge in [0.2, 0.25) is 0 Å². The second-order valence-electron chi connectivity index (χ2n) is 8.87. The number of methoxy groups -OCH3 is 1. The van der Waals surface area contributed by atoms with Gasteiger partial charge in [-0.1, -0.05) is 26.0 Å². The van der Waals surface area contributed by atoms with E-state index in [0.717, 1.165) is 41.9 Å². The highest BCUT2D eigenvalue weighted by Crippen LogP contribution is 2.28. The number of ether oxygens (including phenoxy) is 1. The molecular weight excluding hydrogens is 430 g/mol. The Morgan fingerprint density at radius 2 is 1.82 bits per heavy atom. The first-order valence-electron chi connectivity index (χ1n) is 11.4. The molecule has 3 aromatic heterocycles. The molecule has 0 radical (unpaired) electrons. The molecule has 0 bridgehead atoms. The fourth-order valence-corrected chi connectivity index (χ4v) is 3.60. The lowest BCUT2D eigenvalue weighted by Gasteiger charge is -2.12. The summed E-state index contributed by atoms with van der Waals surface area (Å²) in [6.45, 7) is 5.05. The van der Waals surface area contributed by atoms with Crippen molar-refractivity contribution in [3.8, 4) is 28.5 Å². The van der Waals surface area contributed by atoms with Crippen molar-refractivity contribution >= 4 is 17.4 Å². The van der Waals surface area contributed by atoms with Gasteiger partial charge in [0.15, 0.2) is 11.5 Å². The molecule has 174 valence electrons. The van der Waals surface area contributed by atoms with Crippen LogP contribution in [0.25, 0.3) is 28.2 Å². The van der Waals surface area contributed by atoms with Crippen LogP contribution in [-0.4, -0.2) is 49.9 Å². The predicted octanol–water partition coefficient (Wildman–Crippen LogP) is 3.82. The van der Waals surface area contributed by atoms with Crippen LogP contribution in [0.1, 0.15) is 37.0 Å². The molecule has 1 aliphatic carbocycles. The van der Waals surface area contributed by atoms with Crippen molar-refractivity contribution in [2.24, 2.45) is 5.92 Å². The quantitative estimate of drug-likeness (QED) is 0.414. The van der Waals surface area contributed by atoms with Crippen LogP contribution in [0, 0.1) is 5.92 Å². The fourth-order valence-electron chi connectivity index (χ4n) is 3.60. The molecule has 1 fully saturated rings. The van der Waals surface area contributed by atoms with Crippen LogP contribution in [0.15, 0.2) is 49.1 Å². The summed E-state index contributed by atoms with van der Waals surface area (Å²) < 4.78 is 7.09. The third kappa shape index (κ3) is 4.54. The monoisotopic (exact) mass is 457 g/mol. The minimum atomic E-state index is -0.0293. The largest absolute Gasteiger partial charge is 0.467 e. The lowest BCUT2D eigenvalue weighted by atomic mass is 10.1. The molecule has 1 amide bonds. The minimum absolute atomic E-state index is 0.0293. The van der Waals surface area contributed by atoms with Gasteiger partial charge in [-0.2, -0.15) is 0 Å². The van der Waals surface area contributed by atoms with Gasteiger partial charge in [-0.05, 0) is 30.9 Å². The maximum Gasteiger partial charge on any atom is 0.316 e. The average Bonchev–Trinajstić information content (AvgIpc) is 3.57. The molecule has 0 unspecified atom stereocenters. The van der Waals surface area contributed by atoms with E-state index in [4.69, 9.17) is 9.72 Å². The lowest BCUT2D eigenvalue weighted by molar-refractivity contribution is 0.0951. The molecule has 0 aliphatic heterocycles. The predicted molar refractivity (Wildman–Crippen MR) is 130 cm³/mol. The van der Waals surface area contributed by atoms with Crippen LogP contribution in [-0.2, 0) is 0 Å². The maximum absolute atomic E-state index is 12.4. The third-order valence-corrected chi connectivity index (χ3v) is 5.63. The highest BCUT2D eigenvalue weighted by atomic mass is 16.5. The van der Waals surface area contributed by atoms with Gasteiger partial charge in [0, 0.05) is 47.9 Å². The standard InChI is InChI=1S/C25H27N7O2/c1-15(2)10-26-22-23-27-13-21(16-4-6-17(7-5-16)24(33)30-19-8-9-19)32(23)14-20(31-22)18-11-28-25(34-3)29-12-18/h4-7,11-15,19H,8-10H2,1-3H3,(H,26,31)(H,30,33). The number of fused-ring (bicyclic) bond motifs is 1. The van der Waals surface area contributed by atoms with Crippen LogP contribution in [0.4, 0.5) is 5.82 Å².